The minimum absolute atomic E-state index is 0.0719. The van der Waals surface area contributed by atoms with Crippen LogP contribution in [0.5, 0.6) is 0 Å². The number of aromatic nitrogens is 2. The van der Waals surface area contributed by atoms with Crippen molar-refractivity contribution in [1.82, 2.24) is 9.55 Å². The van der Waals surface area contributed by atoms with Crippen LogP contribution in [0.15, 0.2) is 17.1 Å². The van der Waals surface area contributed by atoms with E-state index in [-0.39, 0.29) is 24.8 Å². The highest BCUT2D eigenvalue weighted by Gasteiger charge is 2.40. The molecule has 0 saturated carbocycles. The highest BCUT2D eigenvalue weighted by atomic mass is 16.7. The van der Waals surface area contributed by atoms with E-state index < -0.39 is 36.3 Å². The Bertz CT molecular complexity index is 689. The first-order valence-electron chi connectivity index (χ1n) is 7.52. The molecule has 1 aromatic heterocycles. The van der Waals surface area contributed by atoms with Gasteiger partial charge in [-0.2, -0.15) is 4.98 Å². The number of rotatable bonds is 6. The SMILES string of the molecule is CC(C)C(=O)OC[C@@H]1C[C@@H](OC(=O)O)[C@H](n2ccc(NO)nc2=O)O1. The molecule has 0 bridgehead atoms. The second-order valence-electron chi connectivity index (χ2n) is 5.71. The number of hydrogen-bond acceptors (Lipinski definition) is 9. The fraction of sp³-hybridized carbons (Fsp3) is 0.571. The smallest absolute Gasteiger partial charge is 0.463 e. The number of nitrogens with zero attached hydrogens (tertiary/aromatic N) is 2. The van der Waals surface area contributed by atoms with E-state index >= 15 is 0 Å². The third-order valence-corrected chi connectivity index (χ3v) is 3.50. The minimum Gasteiger partial charge on any atom is -0.463 e. The summed E-state index contributed by atoms with van der Waals surface area (Å²) in [5.41, 5.74) is 0.958. The van der Waals surface area contributed by atoms with Crippen LogP contribution in [0.3, 0.4) is 0 Å². The Hall–Kier alpha value is -2.66. The van der Waals surface area contributed by atoms with Crippen molar-refractivity contribution in [1.29, 1.82) is 0 Å². The molecule has 3 atom stereocenters. The van der Waals surface area contributed by atoms with E-state index in [4.69, 9.17) is 24.5 Å². The average Bonchev–Trinajstić information content (AvgIpc) is 2.94. The Morgan fingerprint density at radius 2 is 2.24 bits per heavy atom. The summed E-state index contributed by atoms with van der Waals surface area (Å²) < 4.78 is 16.5. The highest BCUT2D eigenvalue weighted by Crippen LogP contribution is 2.31. The van der Waals surface area contributed by atoms with Gasteiger partial charge in [0.2, 0.25) is 0 Å². The van der Waals surface area contributed by atoms with Crippen LogP contribution in [0.2, 0.25) is 0 Å². The zero-order chi connectivity index (χ0) is 18.6. The van der Waals surface area contributed by atoms with Crippen molar-refractivity contribution in [2.75, 3.05) is 12.1 Å². The van der Waals surface area contributed by atoms with Crippen molar-refractivity contribution < 1.29 is 34.1 Å². The standard InChI is InChI=1S/C14H19N3O8/c1-7(2)12(18)23-6-8-5-9(25-14(20)21)11(24-8)17-4-3-10(16-22)15-13(17)19/h3-4,7-9,11,22H,5-6H2,1-2H3,(H,20,21)(H,15,16,19)/t8-,9+,11+/m0/s1. The van der Waals surface area contributed by atoms with E-state index in [0.717, 1.165) is 4.57 Å². The van der Waals surface area contributed by atoms with E-state index in [1.54, 1.807) is 19.3 Å². The number of ether oxygens (including phenoxy) is 3. The third kappa shape index (κ3) is 4.67. The molecule has 2 heterocycles. The molecule has 0 aromatic carbocycles. The lowest BCUT2D eigenvalue weighted by Crippen LogP contribution is -2.33. The highest BCUT2D eigenvalue weighted by molar-refractivity contribution is 5.71. The minimum atomic E-state index is -1.52. The van der Waals surface area contributed by atoms with Gasteiger partial charge in [0.15, 0.2) is 18.1 Å². The Morgan fingerprint density at radius 3 is 2.80 bits per heavy atom. The molecule has 11 heteroatoms. The number of hydrogen-bond donors (Lipinski definition) is 3. The van der Waals surface area contributed by atoms with Crippen molar-refractivity contribution in [3.05, 3.63) is 22.7 Å². The first kappa shape index (κ1) is 18.7. The van der Waals surface area contributed by atoms with Gasteiger partial charge < -0.3 is 19.3 Å². The zero-order valence-electron chi connectivity index (χ0n) is 13.6. The quantitative estimate of drug-likeness (QED) is 0.488. The number of esters is 1. The molecule has 1 saturated heterocycles. The summed E-state index contributed by atoms with van der Waals surface area (Å²) in [7, 11) is 0. The van der Waals surface area contributed by atoms with Crippen molar-refractivity contribution in [2.24, 2.45) is 5.92 Å². The van der Waals surface area contributed by atoms with Gasteiger partial charge in [-0.25, -0.2) is 9.59 Å². The maximum atomic E-state index is 12.0. The fourth-order valence-electron chi connectivity index (χ4n) is 2.31. The van der Waals surface area contributed by atoms with Crippen LogP contribution in [0, 0.1) is 5.92 Å². The van der Waals surface area contributed by atoms with E-state index in [9.17, 15) is 14.4 Å². The lowest BCUT2D eigenvalue weighted by Gasteiger charge is -2.19. The number of carboxylic acid groups (broad SMARTS) is 1. The van der Waals surface area contributed by atoms with Gasteiger partial charge in [-0.05, 0) is 6.07 Å². The van der Waals surface area contributed by atoms with Gasteiger partial charge in [0.05, 0.1) is 12.0 Å². The van der Waals surface area contributed by atoms with Gasteiger partial charge in [0.1, 0.15) is 6.61 Å². The molecule has 3 N–H and O–H groups in total. The molecule has 0 amide bonds. The van der Waals surface area contributed by atoms with E-state index in [2.05, 4.69) is 4.98 Å². The van der Waals surface area contributed by atoms with Crippen molar-refractivity contribution in [3.63, 3.8) is 0 Å². The van der Waals surface area contributed by atoms with Gasteiger partial charge in [0.25, 0.3) is 0 Å². The lowest BCUT2D eigenvalue weighted by molar-refractivity contribution is -0.152. The number of anilines is 1. The topological polar surface area (TPSA) is 149 Å². The van der Waals surface area contributed by atoms with Crippen LogP contribution in [-0.2, 0) is 19.0 Å². The summed E-state index contributed by atoms with van der Waals surface area (Å²) in [5, 5.41) is 17.6. The third-order valence-electron chi connectivity index (χ3n) is 3.50. The predicted octanol–water partition coefficient (Wildman–Crippen LogP) is 0.594. The van der Waals surface area contributed by atoms with Crippen LogP contribution in [-0.4, -0.2) is 50.8 Å². The fourth-order valence-corrected chi connectivity index (χ4v) is 2.31. The van der Waals surface area contributed by atoms with E-state index in [0.29, 0.717) is 0 Å². The largest absolute Gasteiger partial charge is 0.506 e. The molecule has 25 heavy (non-hydrogen) atoms. The van der Waals surface area contributed by atoms with E-state index in [1.807, 2.05) is 0 Å². The summed E-state index contributed by atoms with van der Waals surface area (Å²) in [6.45, 7) is 3.27. The first-order valence-corrected chi connectivity index (χ1v) is 7.52. The molecule has 11 nitrogen and oxygen atoms in total. The van der Waals surface area contributed by atoms with Gasteiger partial charge in [-0.15, -0.1) is 0 Å². The normalized spacial score (nSPS) is 22.6. The Labute approximate surface area is 142 Å². The first-order chi connectivity index (χ1) is 11.8. The second kappa shape index (κ2) is 7.94. The van der Waals surface area contributed by atoms with Gasteiger partial charge in [-0.3, -0.25) is 20.0 Å². The maximum absolute atomic E-state index is 12.0. The molecule has 0 aliphatic carbocycles. The van der Waals surface area contributed by atoms with Crippen molar-refractivity contribution in [3.8, 4) is 0 Å². The summed E-state index contributed by atoms with van der Waals surface area (Å²) in [4.78, 5) is 38.0. The summed E-state index contributed by atoms with van der Waals surface area (Å²) in [6.07, 6.45) is -2.82. The van der Waals surface area contributed by atoms with Crippen LogP contribution < -0.4 is 11.2 Å². The number of nitrogens with one attached hydrogen (secondary N) is 1. The molecular weight excluding hydrogens is 338 g/mol. The summed E-state index contributed by atoms with van der Waals surface area (Å²) in [6, 6.07) is 1.30. The van der Waals surface area contributed by atoms with Gasteiger partial charge in [-0.1, -0.05) is 13.8 Å². The molecule has 0 unspecified atom stereocenters. The Balaban J connectivity index is 2.15. The molecule has 1 fully saturated rings. The average molecular weight is 357 g/mol. The Kier molecular flexibility index (Phi) is 5.93. The van der Waals surface area contributed by atoms with Gasteiger partial charge in [0, 0.05) is 12.6 Å². The van der Waals surface area contributed by atoms with Crippen LogP contribution in [0.1, 0.15) is 26.5 Å². The van der Waals surface area contributed by atoms with Crippen molar-refractivity contribution in [2.45, 2.75) is 38.7 Å². The van der Waals surface area contributed by atoms with Crippen LogP contribution in [0.4, 0.5) is 10.6 Å². The predicted molar refractivity (Wildman–Crippen MR) is 81.1 cm³/mol. The van der Waals surface area contributed by atoms with Crippen LogP contribution >= 0.6 is 0 Å². The molecule has 1 aromatic rings. The monoisotopic (exact) mass is 357 g/mol. The summed E-state index contributed by atoms with van der Waals surface area (Å²) in [5.74, 6) is -0.800. The van der Waals surface area contributed by atoms with Crippen molar-refractivity contribution >= 4 is 17.9 Å². The molecule has 0 radical (unpaired) electrons. The number of carbonyl (C=O) groups excluding carboxylic acids is 1. The molecule has 2 rings (SSSR count). The molecular formula is C14H19N3O8. The maximum Gasteiger partial charge on any atom is 0.506 e. The zero-order valence-corrected chi connectivity index (χ0v) is 13.6. The van der Waals surface area contributed by atoms with Crippen LogP contribution in [0.25, 0.3) is 0 Å². The molecule has 0 spiro atoms. The molecule has 138 valence electrons. The Morgan fingerprint density at radius 1 is 1.52 bits per heavy atom. The molecule has 1 aliphatic rings. The van der Waals surface area contributed by atoms with E-state index in [1.165, 1.54) is 12.3 Å². The summed E-state index contributed by atoms with van der Waals surface area (Å²) >= 11 is 0. The molecule has 1 aliphatic heterocycles. The second-order valence-corrected chi connectivity index (χ2v) is 5.71. The van der Waals surface area contributed by atoms with Gasteiger partial charge >= 0.3 is 17.8 Å². The number of carbonyl (C=O) groups is 2. The lowest BCUT2D eigenvalue weighted by atomic mass is 10.2.